The van der Waals surface area contributed by atoms with E-state index in [0.717, 1.165) is 38.4 Å². The van der Waals surface area contributed by atoms with Crippen molar-refractivity contribution < 1.29 is 13.9 Å². The third kappa shape index (κ3) is 5.08. The molecule has 0 saturated carbocycles. The highest BCUT2D eigenvalue weighted by molar-refractivity contribution is 5.93. The van der Waals surface area contributed by atoms with Gasteiger partial charge < -0.3 is 9.64 Å². The van der Waals surface area contributed by atoms with E-state index >= 15 is 0 Å². The van der Waals surface area contributed by atoms with Crippen molar-refractivity contribution in [1.82, 2.24) is 14.8 Å². The SMILES string of the molecule is O=C(c1cccnc1)N(CCN1CCOCC1)Cc1cccc(F)c1. The maximum Gasteiger partial charge on any atom is 0.255 e. The summed E-state index contributed by atoms with van der Waals surface area (Å²) in [6.07, 6.45) is 3.21. The predicted octanol–water partition coefficient (Wildman–Crippen LogP) is 2.20. The zero-order valence-corrected chi connectivity index (χ0v) is 14.1. The van der Waals surface area contributed by atoms with E-state index in [1.807, 2.05) is 6.07 Å². The monoisotopic (exact) mass is 343 g/mol. The lowest BCUT2D eigenvalue weighted by atomic mass is 10.1. The Morgan fingerprint density at radius 1 is 1.24 bits per heavy atom. The molecule has 0 unspecified atom stereocenters. The first-order chi connectivity index (χ1) is 12.2. The van der Waals surface area contributed by atoms with Gasteiger partial charge in [0.25, 0.3) is 5.91 Å². The van der Waals surface area contributed by atoms with E-state index in [-0.39, 0.29) is 11.7 Å². The maximum absolute atomic E-state index is 13.5. The molecule has 5 nitrogen and oxygen atoms in total. The fourth-order valence-electron chi connectivity index (χ4n) is 2.87. The van der Waals surface area contributed by atoms with Gasteiger partial charge in [-0.2, -0.15) is 0 Å². The zero-order chi connectivity index (χ0) is 17.5. The number of amides is 1. The van der Waals surface area contributed by atoms with Crippen molar-refractivity contribution in [3.63, 3.8) is 0 Å². The van der Waals surface area contributed by atoms with Crippen LogP contribution in [0.25, 0.3) is 0 Å². The molecule has 0 radical (unpaired) electrons. The molecule has 6 heteroatoms. The molecule has 1 aliphatic rings. The minimum Gasteiger partial charge on any atom is -0.379 e. The van der Waals surface area contributed by atoms with Gasteiger partial charge in [-0.05, 0) is 29.8 Å². The van der Waals surface area contributed by atoms with Crippen LogP contribution in [0.4, 0.5) is 4.39 Å². The van der Waals surface area contributed by atoms with Gasteiger partial charge >= 0.3 is 0 Å². The number of ether oxygens (including phenoxy) is 1. The number of halogens is 1. The molecule has 0 atom stereocenters. The van der Waals surface area contributed by atoms with Crippen molar-refractivity contribution >= 4 is 5.91 Å². The van der Waals surface area contributed by atoms with Gasteiger partial charge in [-0.25, -0.2) is 4.39 Å². The minimum absolute atomic E-state index is 0.0920. The van der Waals surface area contributed by atoms with Crippen LogP contribution in [-0.2, 0) is 11.3 Å². The number of aromatic nitrogens is 1. The first-order valence-electron chi connectivity index (χ1n) is 8.46. The number of morpholine rings is 1. The fourth-order valence-corrected chi connectivity index (χ4v) is 2.87. The molecule has 0 aliphatic carbocycles. The Morgan fingerprint density at radius 2 is 2.08 bits per heavy atom. The Hall–Kier alpha value is -2.31. The molecule has 25 heavy (non-hydrogen) atoms. The smallest absolute Gasteiger partial charge is 0.255 e. The second-order valence-electron chi connectivity index (χ2n) is 6.05. The molecule has 1 saturated heterocycles. The number of pyridine rings is 1. The van der Waals surface area contributed by atoms with E-state index in [4.69, 9.17) is 4.74 Å². The molecular formula is C19H22FN3O2. The normalized spacial score (nSPS) is 15.1. The molecule has 0 N–H and O–H groups in total. The van der Waals surface area contributed by atoms with E-state index in [9.17, 15) is 9.18 Å². The quantitative estimate of drug-likeness (QED) is 0.807. The first kappa shape index (κ1) is 17.5. The Kier molecular flexibility index (Phi) is 6.09. The standard InChI is InChI=1S/C19H22FN3O2/c20-18-5-1-3-16(13-18)15-23(8-7-22-9-11-25-12-10-22)19(24)17-4-2-6-21-14-17/h1-6,13-14H,7-12,15H2. The average Bonchev–Trinajstić information content (AvgIpc) is 2.66. The van der Waals surface area contributed by atoms with Crippen LogP contribution in [0, 0.1) is 5.82 Å². The van der Waals surface area contributed by atoms with E-state index in [2.05, 4.69) is 9.88 Å². The topological polar surface area (TPSA) is 45.7 Å². The zero-order valence-electron chi connectivity index (χ0n) is 14.1. The Balaban J connectivity index is 1.71. The summed E-state index contributed by atoms with van der Waals surface area (Å²) in [6.45, 7) is 4.90. The van der Waals surface area contributed by atoms with Crippen LogP contribution in [0.15, 0.2) is 48.8 Å². The third-order valence-corrected chi connectivity index (χ3v) is 4.25. The highest BCUT2D eigenvalue weighted by Crippen LogP contribution is 2.11. The molecule has 1 aliphatic heterocycles. The summed E-state index contributed by atoms with van der Waals surface area (Å²) in [5.74, 6) is -0.384. The Bertz CT molecular complexity index is 690. The molecule has 3 rings (SSSR count). The highest BCUT2D eigenvalue weighted by atomic mass is 19.1. The highest BCUT2D eigenvalue weighted by Gasteiger charge is 2.19. The van der Waals surface area contributed by atoms with Gasteiger partial charge in [0.05, 0.1) is 18.8 Å². The number of rotatable bonds is 6. The van der Waals surface area contributed by atoms with Gasteiger partial charge in [-0.15, -0.1) is 0 Å². The van der Waals surface area contributed by atoms with Crippen molar-refractivity contribution in [3.05, 3.63) is 65.7 Å². The first-order valence-corrected chi connectivity index (χ1v) is 8.46. The lowest BCUT2D eigenvalue weighted by molar-refractivity contribution is 0.0320. The molecule has 1 fully saturated rings. The predicted molar refractivity (Wildman–Crippen MR) is 92.6 cm³/mol. The Morgan fingerprint density at radius 3 is 2.80 bits per heavy atom. The molecule has 0 spiro atoms. The van der Waals surface area contributed by atoms with Crippen LogP contribution < -0.4 is 0 Å². The van der Waals surface area contributed by atoms with Crippen LogP contribution in [-0.4, -0.2) is 60.1 Å². The number of benzene rings is 1. The van der Waals surface area contributed by atoms with Gasteiger partial charge in [0.15, 0.2) is 0 Å². The summed E-state index contributed by atoms with van der Waals surface area (Å²) < 4.78 is 18.8. The van der Waals surface area contributed by atoms with Gasteiger partial charge in [-0.3, -0.25) is 14.7 Å². The molecule has 1 aromatic heterocycles. The van der Waals surface area contributed by atoms with Crippen molar-refractivity contribution in [1.29, 1.82) is 0 Å². The van der Waals surface area contributed by atoms with E-state index in [1.165, 1.54) is 12.1 Å². The van der Waals surface area contributed by atoms with Crippen molar-refractivity contribution in [2.24, 2.45) is 0 Å². The molecule has 1 aromatic carbocycles. The maximum atomic E-state index is 13.5. The number of hydrogen-bond acceptors (Lipinski definition) is 4. The third-order valence-electron chi connectivity index (χ3n) is 4.25. The summed E-state index contributed by atoms with van der Waals surface area (Å²) in [5, 5.41) is 0. The fraction of sp³-hybridized carbons (Fsp3) is 0.368. The van der Waals surface area contributed by atoms with Crippen LogP contribution in [0.1, 0.15) is 15.9 Å². The summed E-state index contributed by atoms with van der Waals surface area (Å²) in [6, 6.07) is 9.88. The van der Waals surface area contributed by atoms with Crippen molar-refractivity contribution in [2.45, 2.75) is 6.54 Å². The summed E-state index contributed by atoms with van der Waals surface area (Å²) in [7, 11) is 0. The second-order valence-corrected chi connectivity index (χ2v) is 6.05. The molecule has 1 amide bonds. The van der Waals surface area contributed by atoms with Crippen LogP contribution in [0.5, 0.6) is 0 Å². The lowest BCUT2D eigenvalue weighted by Crippen LogP contribution is -2.42. The molecule has 2 aromatic rings. The summed E-state index contributed by atoms with van der Waals surface area (Å²) in [4.78, 5) is 20.9. The number of carbonyl (C=O) groups is 1. The van der Waals surface area contributed by atoms with Gasteiger partial charge in [-0.1, -0.05) is 12.1 Å². The average molecular weight is 343 g/mol. The van der Waals surface area contributed by atoms with Crippen LogP contribution in [0.2, 0.25) is 0 Å². The molecule has 2 heterocycles. The number of hydrogen-bond donors (Lipinski definition) is 0. The van der Waals surface area contributed by atoms with Gasteiger partial charge in [0, 0.05) is 45.1 Å². The number of carbonyl (C=O) groups excluding carboxylic acids is 1. The van der Waals surface area contributed by atoms with Crippen molar-refractivity contribution in [3.8, 4) is 0 Å². The van der Waals surface area contributed by atoms with Crippen molar-refractivity contribution in [2.75, 3.05) is 39.4 Å². The van der Waals surface area contributed by atoms with Gasteiger partial charge in [0.1, 0.15) is 5.82 Å². The lowest BCUT2D eigenvalue weighted by Gasteiger charge is -2.30. The summed E-state index contributed by atoms with van der Waals surface area (Å²) >= 11 is 0. The second kappa shape index (κ2) is 8.69. The van der Waals surface area contributed by atoms with Crippen LogP contribution in [0.3, 0.4) is 0 Å². The van der Waals surface area contributed by atoms with E-state index in [0.29, 0.717) is 18.7 Å². The van der Waals surface area contributed by atoms with Crippen LogP contribution >= 0.6 is 0 Å². The van der Waals surface area contributed by atoms with E-state index in [1.54, 1.807) is 35.5 Å². The molecule has 0 bridgehead atoms. The largest absolute Gasteiger partial charge is 0.379 e. The summed E-state index contributed by atoms with van der Waals surface area (Å²) in [5.41, 5.74) is 1.32. The van der Waals surface area contributed by atoms with Gasteiger partial charge in [0.2, 0.25) is 0 Å². The number of nitrogens with zero attached hydrogens (tertiary/aromatic N) is 3. The molecular weight excluding hydrogens is 321 g/mol. The molecule has 132 valence electrons. The Labute approximate surface area is 147 Å². The minimum atomic E-state index is -0.292. The van der Waals surface area contributed by atoms with E-state index < -0.39 is 0 Å².